The molecule has 1 aromatic carbocycles. The fourth-order valence-corrected chi connectivity index (χ4v) is 2.90. The van der Waals surface area contributed by atoms with E-state index >= 15 is 0 Å². The van der Waals surface area contributed by atoms with Crippen molar-refractivity contribution in [2.75, 3.05) is 19.6 Å². The Morgan fingerprint density at radius 1 is 1.36 bits per heavy atom. The summed E-state index contributed by atoms with van der Waals surface area (Å²) in [6.45, 7) is 6.94. The highest BCUT2D eigenvalue weighted by Gasteiger charge is 2.26. The van der Waals surface area contributed by atoms with E-state index in [9.17, 15) is 4.79 Å². The maximum absolute atomic E-state index is 12.8. The summed E-state index contributed by atoms with van der Waals surface area (Å²) in [6, 6.07) is 10.5. The van der Waals surface area contributed by atoms with E-state index in [1.54, 1.807) is 0 Å². The fourth-order valence-electron chi connectivity index (χ4n) is 2.90. The topological polar surface area (TPSA) is 50.2 Å². The summed E-state index contributed by atoms with van der Waals surface area (Å²) in [5.41, 5.74) is 2.75. The minimum atomic E-state index is 0.0830. The van der Waals surface area contributed by atoms with Gasteiger partial charge in [0.15, 0.2) is 0 Å². The average molecular weight is 298 g/mol. The van der Waals surface area contributed by atoms with Gasteiger partial charge in [-0.15, -0.1) is 0 Å². The molecule has 0 saturated carbocycles. The Kier molecular flexibility index (Phi) is 4.24. The largest absolute Gasteiger partial charge is 0.335 e. The van der Waals surface area contributed by atoms with E-state index < -0.39 is 0 Å². The van der Waals surface area contributed by atoms with Crippen molar-refractivity contribution in [1.29, 1.82) is 0 Å². The predicted octanol–water partition coefficient (Wildman–Crippen LogP) is 2.00. The van der Waals surface area contributed by atoms with E-state index in [0.29, 0.717) is 6.54 Å². The van der Waals surface area contributed by atoms with Gasteiger partial charge in [0.2, 0.25) is 0 Å². The molecule has 116 valence electrons. The van der Waals surface area contributed by atoms with E-state index in [1.807, 2.05) is 47.8 Å². The summed E-state index contributed by atoms with van der Waals surface area (Å²) >= 11 is 0. The van der Waals surface area contributed by atoms with E-state index in [-0.39, 0.29) is 11.9 Å². The van der Waals surface area contributed by atoms with Crippen molar-refractivity contribution >= 4 is 5.91 Å². The number of rotatable bonds is 3. The lowest BCUT2D eigenvalue weighted by molar-refractivity contribution is 0.0702. The zero-order valence-electron chi connectivity index (χ0n) is 13.1. The van der Waals surface area contributed by atoms with Crippen molar-refractivity contribution in [2.24, 2.45) is 0 Å². The third-order valence-electron chi connectivity index (χ3n) is 4.17. The first-order valence-corrected chi connectivity index (χ1v) is 7.80. The summed E-state index contributed by atoms with van der Waals surface area (Å²) in [5.74, 6) is 0.0830. The van der Waals surface area contributed by atoms with E-state index in [1.165, 1.54) is 5.56 Å². The van der Waals surface area contributed by atoms with Crippen LogP contribution in [0.2, 0.25) is 0 Å². The van der Waals surface area contributed by atoms with E-state index in [4.69, 9.17) is 0 Å². The molecule has 0 bridgehead atoms. The minimum absolute atomic E-state index is 0.0830. The van der Waals surface area contributed by atoms with Crippen LogP contribution in [0.25, 0.3) is 0 Å². The number of hydrogen-bond donors (Lipinski definition) is 1. The van der Waals surface area contributed by atoms with Crippen LogP contribution in [0.15, 0.2) is 36.5 Å². The van der Waals surface area contributed by atoms with Gasteiger partial charge >= 0.3 is 0 Å². The van der Waals surface area contributed by atoms with Gasteiger partial charge in [-0.2, -0.15) is 5.10 Å². The zero-order chi connectivity index (χ0) is 15.5. The fraction of sp³-hybridized carbons (Fsp3) is 0.412. The van der Waals surface area contributed by atoms with Gasteiger partial charge in [-0.1, -0.05) is 30.3 Å². The number of carbonyl (C=O) groups is 1. The smallest absolute Gasteiger partial charge is 0.257 e. The van der Waals surface area contributed by atoms with Crippen LogP contribution in [0.5, 0.6) is 0 Å². The number of carbonyl (C=O) groups excluding carboxylic acids is 1. The third kappa shape index (κ3) is 2.90. The molecule has 3 rings (SSSR count). The number of aromatic nitrogens is 2. The first-order valence-electron chi connectivity index (χ1n) is 7.80. The molecule has 1 N–H and O–H groups in total. The molecule has 0 radical (unpaired) electrons. The van der Waals surface area contributed by atoms with Gasteiger partial charge in [0.05, 0.1) is 11.3 Å². The van der Waals surface area contributed by atoms with E-state index in [0.717, 1.165) is 30.9 Å². The highest BCUT2D eigenvalue weighted by Crippen LogP contribution is 2.19. The summed E-state index contributed by atoms with van der Waals surface area (Å²) < 4.78 is 1.82. The molecule has 2 aromatic rings. The molecule has 1 aliphatic heterocycles. The maximum atomic E-state index is 12.8. The second-order valence-corrected chi connectivity index (χ2v) is 5.65. The second kappa shape index (κ2) is 6.32. The number of benzene rings is 1. The number of nitrogens with one attached hydrogen (secondary N) is 1. The van der Waals surface area contributed by atoms with Gasteiger partial charge < -0.3 is 10.2 Å². The zero-order valence-corrected chi connectivity index (χ0v) is 13.1. The van der Waals surface area contributed by atoms with Crippen molar-refractivity contribution in [3.8, 4) is 0 Å². The quantitative estimate of drug-likeness (QED) is 0.943. The predicted molar refractivity (Wildman–Crippen MR) is 85.7 cm³/mol. The summed E-state index contributed by atoms with van der Waals surface area (Å²) in [7, 11) is 0. The Labute approximate surface area is 130 Å². The lowest BCUT2D eigenvalue weighted by atomic mass is 10.0. The molecular formula is C17H22N4O. The number of nitrogens with zero attached hydrogens (tertiary/aromatic N) is 3. The Balaban J connectivity index is 1.76. The third-order valence-corrected chi connectivity index (χ3v) is 4.17. The van der Waals surface area contributed by atoms with Gasteiger partial charge in [-0.05, 0) is 19.4 Å². The van der Waals surface area contributed by atoms with Gasteiger partial charge in [-0.25, -0.2) is 0 Å². The number of hydrogen-bond acceptors (Lipinski definition) is 3. The Hall–Kier alpha value is -2.14. The monoisotopic (exact) mass is 298 g/mol. The van der Waals surface area contributed by atoms with Crippen LogP contribution in [0, 0.1) is 6.92 Å². The Morgan fingerprint density at radius 3 is 2.82 bits per heavy atom. The van der Waals surface area contributed by atoms with Crippen molar-refractivity contribution in [1.82, 2.24) is 20.0 Å². The lowest BCUT2D eigenvalue weighted by Crippen LogP contribution is -2.48. The highest BCUT2D eigenvalue weighted by molar-refractivity contribution is 5.95. The molecule has 5 heteroatoms. The van der Waals surface area contributed by atoms with Gasteiger partial charge in [0, 0.05) is 38.4 Å². The van der Waals surface area contributed by atoms with Crippen LogP contribution in [0.1, 0.15) is 34.6 Å². The van der Waals surface area contributed by atoms with Gasteiger partial charge in [-0.3, -0.25) is 9.48 Å². The van der Waals surface area contributed by atoms with Crippen molar-refractivity contribution in [3.05, 3.63) is 53.3 Å². The van der Waals surface area contributed by atoms with Crippen LogP contribution in [-0.2, 0) is 6.54 Å². The standard InChI is InChI=1S/C17H22N4O/c1-3-21-11-15(13(2)19-21)17(22)20-10-9-18-16(12-20)14-7-5-4-6-8-14/h4-8,11,16,18H,3,9-10,12H2,1-2H3/t16-/m1/s1. The molecule has 1 atom stereocenters. The highest BCUT2D eigenvalue weighted by atomic mass is 16.2. The van der Waals surface area contributed by atoms with Crippen molar-refractivity contribution in [2.45, 2.75) is 26.4 Å². The molecule has 5 nitrogen and oxygen atoms in total. The molecule has 22 heavy (non-hydrogen) atoms. The second-order valence-electron chi connectivity index (χ2n) is 5.65. The van der Waals surface area contributed by atoms with Gasteiger partial charge in [0.25, 0.3) is 5.91 Å². The van der Waals surface area contributed by atoms with Crippen molar-refractivity contribution in [3.63, 3.8) is 0 Å². The normalized spacial score (nSPS) is 18.5. The molecule has 0 spiro atoms. The minimum Gasteiger partial charge on any atom is -0.335 e. The van der Waals surface area contributed by atoms with Crippen LogP contribution in [0.4, 0.5) is 0 Å². The van der Waals surface area contributed by atoms with Crippen LogP contribution in [0.3, 0.4) is 0 Å². The maximum Gasteiger partial charge on any atom is 0.257 e. The SMILES string of the molecule is CCn1cc(C(=O)N2CCN[C@@H](c3ccccc3)C2)c(C)n1. The number of aryl methyl sites for hydroxylation is 2. The first-order chi connectivity index (χ1) is 10.7. The summed E-state index contributed by atoms with van der Waals surface area (Å²) in [6.07, 6.45) is 1.86. The van der Waals surface area contributed by atoms with Crippen LogP contribution < -0.4 is 5.32 Å². The summed E-state index contributed by atoms with van der Waals surface area (Å²) in [4.78, 5) is 14.7. The average Bonchev–Trinajstić information content (AvgIpc) is 2.96. The molecule has 1 aliphatic rings. The molecule has 1 fully saturated rings. The molecule has 0 unspecified atom stereocenters. The number of amides is 1. The Morgan fingerprint density at radius 2 is 2.14 bits per heavy atom. The summed E-state index contributed by atoms with van der Waals surface area (Å²) in [5, 5.41) is 7.86. The molecule has 0 aliphatic carbocycles. The molecular weight excluding hydrogens is 276 g/mol. The molecule has 1 amide bonds. The lowest BCUT2D eigenvalue weighted by Gasteiger charge is -2.34. The van der Waals surface area contributed by atoms with Crippen LogP contribution >= 0.6 is 0 Å². The molecule has 2 heterocycles. The van der Waals surface area contributed by atoms with Crippen LogP contribution in [-0.4, -0.2) is 40.2 Å². The van der Waals surface area contributed by atoms with E-state index in [2.05, 4.69) is 22.5 Å². The number of piperazine rings is 1. The first kappa shape index (κ1) is 14.8. The molecule has 1 saturated heterocycles. The molecule has 1 aromatic heterocycles. The Bertz CT molecular complexity index is 650. The van der Waals surface area contributed by atoms with Crippen molar-refractivity contribution < 1.29 is 4.79 Å². The van der Waals surface area contributed by atoms with Gasteiger partial charge in [0.1, 0.15) is 0 Å².